The highest BCUT2D eigenvalue weighted by Crippen LogP contribution is 2.40. The van der Waals surface area contributed by atoms with Crippen LogP contribution in [-0.4, -0.2) is 32.1 Å². The van der Waals surface area contributed by atoms with E-state index < -0.39 is 5.82 Å². The number of rotatable bonds is 4. The first-order valence-electron chi connectivity index (χ1n) is 9.43. The van der Waals surface area contributed by atoms with Crippen LogP contribution < -0.4 is 0 Å². The van der Waals surface area contributed by atoms with E-state index in [2.05, 4.69) is 18.9 Å². The quantitative estimate of drug-likeness (QED) is 0.830. The fraction of sp³-hybridized carbons (Fsp3) is 0.500. The van der Waals surface area contributed by atoms with Crippen LogP contribution in [0.25, 0.3) is 0 Å². The van der Waals surface area contributed by atoms with Crippen molar-refractivity contribution in [3.05, 3.63) is 46.8 Å². The van der Waals surface area contributed by atoms with Crippen molar-refractivity contribution in [1.82, 2.24) is 19.7 Å². The number of hydrogen-bond acceptors (Lipinski definition) is 4. The van der Waals surface area contributed by atoms with E-state index in [1.165, 1.54) is 12.1 Å². The van der Waals surface area contributed by atoms with Crippen molar-refractivity contribution >= 4 is 5.91 Å². The van der Waals surface area contributed by atoms with Crippen LogP contribution in [0.3, 0.4) is 0 Å². The minimum atomic E-state index is -0.659. The molecule has 1 fully saturated rings. The zero-order valence-electron chi connectivity index (χ0n) is 15.5. The number of benzene rings is 1. The third-order valence-corrected chi connectivity index (χ3v) is 5.17. The van der Waals surface area contributed by atoms with Crippen LogP contribution in [0, 0.1) is 23.1 Å². The lowest BCUT2D eigenvalue weighted by molar-refractivity contribution is 0.0574. The molecule has 0 unspecified atom stereocenters. The summed E-state index contributed by atoms with van der Waals surface area (Å²) in [6, 6.07) is 5.66. The van der Waals surface area contributed by atoms with Crippen molar-refractivity contribution in [2.45, 2.75) is 51.6 Å². The average Bonchev–Trinajstić information content (AvgIpc) is 3.40. The first-order valence-corrected chi connectivity index (χ1v) is 9.43. The van der Waals surface area contributed by atoms with E-state index in [-0.39, 0.29) is 23.1 Å². The zero-order valence-corrected chi connectivity index (χ0v) is 15.5. The molecule has 1 aromatic carbocycles. The highest BCUT2D eigenvalue weighted by molar-refractivity contribution is 5.95. The molecular weight excluding hydrogens is 345 g/mol. The second kappa shape index (κ2) is 6.76. The molecule has 1 atom stereocenters. The van der Waals surface area contributed by atoms with Crippen molar-refractivity contribution in [1.29, 1.82) is 5.26 Å². The molecule has 7 heteroatoms. The van der Waals surface area contributed by atoms with Crippen LogP contribution in [0.2, 0.25) is 0 Å². The predicted molar refractivity (Wildman–Crippen MR) is 96.3 cm³/mol. The van der Waals surface area contributed by atoms with Crippen molar-refractivity contribution in [2.75, 3.05) is 6.54 Å². The molecule has 1 aliphatic carbocycles. The Labute approximate surface area is 157 Å². The van der Waals surface area contributed by atoms with E-state index in [1.807, 2.05) is 10.8 Å². The van der Waals surface area contributed by atoms with Gasteiger partial charge in [0.1, 0.15) is 11.6 Å². The van der Waals surface area contributed by atoms with Gasteiger partial charge in [0.05, 0.1) is 29.8 Å². The largest absolute Gasteiger partial charge is 0.326 e. The molecule has 2 aromatic rings. The lowest BCUT2D eigenvalue weighted by atomic mass is 9.99. The summed E-state index contributed by atoms with van der Waals surface area (Å²) in [6.45, 7) is 5.23. The topological polar surface area (TPSA) is 74.8 Å². The molecule has 1 amide bonds. The first-order chi connectivity index (χ1) is 13.0. The molecule has 1 aliphatic heterocycles. The third-order valence-electron chi connectivity index (χ3n) is 5.17. The second-order valence-corrected chi connectivity index (χ2v) is 7.78. The van der Waals surface area contributed by atoms with Gasteiger partial charge in [0.15, 0.2) is 5.82 Å². The highest BCUT2D eigenvalue weighted by Gasteiger charge is 2.37. The smallest absolute Gasteiger partial charge is 0.257 e. The summed E-state index contributed by atoms with van der Waals surface area (Å²) in [7, 11) is 0. The molecule has 0 N–H and O–H groups in total. The normalized spacial score (nSPS) is 19.1. The van der Waals surface area contributed by atoms with Gasteiger partial charge in [0.25, 0.3) is 5.91 Å². The maximum absolute atomic E-state index is 14.4. The van der Waals surface area contributed by atoms with Crippen LogP contribution in [0.15, 0.2) is 18.2 Å². The summed E-state index contributed by atoms with van der Waals surface area (Å²) in [5, 5.41) is 13.5. The van der Waals surface area contributed by atoms with Gasteiger partial charge in [-0.25, -0.2) is 14.1 Å². The molecule has 0 bridgehead atoms. The molecule has 0 spiro atoms. The van der Waals surface area contributed by atoms with Crippen molar-refractivity contribution in [3.63, 3.8) is 0 Å². The van der Waals surface area contributed by atoms with Crippen LogP contribution in [0.4, 0.5) is 4.39 Å². The maximum Gasteiger partial charge on any atom is 0.257 e. The Bertz CT molecular complexity index is 925. The van der Waals surface area contributed by atoms with Gasteiger partial charge in [0.2, 0.25) is 0 Å². The lowest BCUT2D eigenvalue weighted by Gasteiger charge is -2.36. The molecule has 2 aliphatic rings. The number of halogens is 1. The van der Waals surface area contributed by atoms with Gasteiger partial charge < -0.3 is 4.90 Å². The minimum Gasteiger partial charge on any atom is -0.326 e. The Hall–Kier alpha value is -2.75. The van der Waals surface area contributed by atoms with Gasteiger partial charge >= 0.3 is 0 Å². The molecule has 2 heterocycles. The molecule has 6 nitrogen and oxygen atoms in total. The Balaban J connectivity index is 1.68. The number of carbonyl (C=O) groups is 1. The Kier molecular flexibility index (Phi) is 4.42. The molecule has 1 aromatic heterocycles. The van der Waals surface area contributed by atoms with E-state index in [9.17, 15) is 9.18 Å². The molecule has 0 saturated heterocycles. The average molecular weight is 367 g/mol. The molecular formula is C20H22FN5O. The SMILES string of the molecule is CC(C)C[C@H]1c2nc(C3CC3)nn2CCN1C(=O)c1ccc(C#N)cc1F. The summed E-state index contributed by atoms with van der Waals surface area (Å²) in [4.78, 5) is 19.6. The third kappa shape index (κ3) is 3.32. The van der Waals surface area contributed by atoms with E-state index in [0.717, 1.165) is 37.0 Å². The fourth-order valence-electron chi connectivity index (χ4n) is 3.63. The molecule has 1 saturated carbocycles. The van der Waals surface area contributed by atoms with Crippen LogP contribution in [0.1, 0.15) is 72.6 Å². The Morgan fingerprint density at radius 1 is 1.37 bits per heavy atom. The van der Waals surface area contributed by atoms with E-state index in [1.54, 1.807) is 4.90 Å². The van der Waals surface area contributed by atoms with Gasteiger partial charge in [-0.1, -0.05) is 13.8 Å². The van der Waals surface area contributed by atoms with Gasteiger partial charge in [-0.3, -0.25) is 4.79 Å². The minimum absolute atomic E-state index is 0.00172. The first kappa shape index (κ1) is 17.7. The summed E-state index contributed by atoms with van der Waals surface area (Å²) in [5.74, 6) is 1.46. The number of aromatic nitrogens is 3. The monoisotopic (exact) mass is 367 g/mol. The van der Waals surface area contributed by atoms with E-state index in [4.69, 9.17) is 10.2 Å². The Morgan fingerprint density at radius 2 is 2.15 bits per heavy atom. The van der Waals surface area contributed by atoms with Gasteiger partial charge in [-0.15, -0.1) is 0 Å². The number of amides is 1. The van der Waals surface area contributed by atoms with Crippen LogP contribution in [0.5, 0.6) is 0 Å². The van der Waals surface area contributed by atoms with Gasteiger partial charge in [0, 0.05) is 12.5 Å². The summed E-state index contributed by atoms with van der Waals surface area (Å²) in [5.41, 5.74) is 0.202. The van der Waals surface area contributed by atoms with Crippen molar-refractivity contribution < 1.29 is 9.18 Å². The highest BCUT2D eigenvalue weighted by atomic mass is 19.1. The fourth-order valence-corrected chi connectivity index (χ4v) is 3.63. The van der Waals surface area contributed by atoms with E-state index >= 15 is 0 Å². The van der Waals surface area contributed by atoms with Crippen LogP contribution >= 0.6 is 0 Å². The maximum atomic E-state index is 14.4. The number of fused-ring (bicyclic) bond motifs is 1. The van der Waals surface area contributed by atoms with Crippen molar-refractivity contribution in [3.8, 4) is 6.07 Å². The van der Waals surface area contributed by atoms with Gasteiger partial charge in [-0.2, -0.15) is 10.4 Å². The standard InChI is InChI=1S/C20H22FN5O/c1-12(2)9-17-19-23-18(14-4-5-14)24-26(19)8-7-25(17)20(27)15-6-3-13(11-22)10-16(15)21/h3,6,10,12,14,17H,4-5,7-9H2,1-2H3/t17-/m0/s1. The Morgan fingerprint density at radius 3 is 2.78 bits per heavy atom. The number of nitrogens with zero attached hydrogens (tertiary/aromatic N) is 5. The molecule has 4 rings (SSSR count). The molecule has 140 valence electrons. The summed E-state index contributed by atoms with van der Waals surface area (Å²) in [6.07, 6.45) is 2.99. The molecule has 27 heavy (non-hydrogen) atoms. The number of nitriles is 1. The second-order valence-electron chi connectivity index (χ2n) is 7.78. The number of hydrogen-bond donors (Lipinski definition) is 0. The predicted octanol–water partition coefficient (Wildman–Crippen LogP) is 3.41. The number of carbonyl (C=O) groups excluding carboxylic acids is 1. The van der Waals surface area contributed by atoms with Crippen molar-refractivity contribution in [2.24, 2.45) is 5.92 Å². The summed E-state index contributed by atoms with van der Waals surface area (Å²) < 4.78 is 16.3. The molecule has 0 radical (unpaired) electrons. The lowest BCUT2D eigenvalue weighted by Crippen LogP contribution is -2.43. The van der Waals surface area contributed by atoms with Gasteiger partial charge in [-0.05, 0) is 43.4 Å². The van der Waals surface area contributed by atoms with E-state index in [0.29, 0.717) is 24.9 Å². The zero-order chi connectivity index (χ0) is 19.1. The van der Waals surface area contributed by atoms with Crippen LogP contribution in [-0.2, 0) is 6.54 Å². The summed E-state index contributed by atoms with van der Waals surface area (Å²) >= 11 is 0.